The predicted molar refractivity (Wildman–Crippen MR) is 81.5 cm³/mol. The molecule has 6 heteroatoms. The fourth-order valence-electron chi connectivity index (χ4n) is 2.44. The summed E-state index contributed by atoms with van der Waals surface area (Å²) in [5.41, 5.74) is 5.24. The van der Waals surface area contributed by atoms with Crippen molar-refractivity contribution in [1.82, 2.24) is 4.90 Å². The Balaban J connectivity index is 2.05. The number of carbonyl (C=O) groups excluding carboxylic acids is 2. The highest BCUT2D eigenvalue weighted by molar-refractivity contribution is 7.17. The van der Waals surface area contributed by atoms with Crippen LogP contribution in [-0.2, 0) is 9.59 Å². The van der Waals surface area contributed by atoms with Gasteiger partial charge in [-0.1, -0.05) is 24.4 Å². The summed E-state index contributed by atoms with van der Waals surface area (Å²) in [5.74, 6) is -0.641. The van der Waals surface area contributed by atoms with Crippen LogP contribution >= 0.6 is 22.9 Å². The molecule has 1 aliphatic rings. The van der Waals surface area contributed by atoms with Gasteiger partial charge in [0.25, 0.3) is 0 Å². The highest BCUT2D eigenvalue weighted by Gasteiger charge is 2.26. The van der Waals surface area contributed by atoms with E-state index in [-0.39, 0.29) is 18.5 Å². The first-order chi connectivity index (χ1) is 9.56. The van der Waals surface area contributed by atoms with Crippen LogP contribution < -0.4 is 5.73 Å². The van der Waals surface area contributed by atoms with Gasteiger partial charge in [0.2, 0.25) is 11.8 Å². The second-order valence-corrected chi connectivity index (χ2v) is 6.59. The molecule has 2 rings (SSSR count). The lowest BCUT2D eigenvalue weighted by Gasteiger charge is -2.26. The van der Waals surface area contributed by atoms with Crippen LogP contribution in [0, 0.1) is 0 Å². The maximum atomic E-state index is 12.2. The average Bonchev–Trinajstić information content (AvgIpc) is 3.04. The molecule has 0 spiro atoms. The van der Waals surface area contributed by atoms with Crippen LogP contribution in [0.4, 0.5) is 0 Å². The standard InChI is InChI=1S/C14H17ClN2O2S/c15-12-7-5-11(20-12)6-8-14(19)17(9-13(16)18)10-3-1-2-4-10/h5-8,10H,1-4,9H2,(H2,16,18)/b8-6+. The third-order valence-corrected chi connectivity index (χ3v) is 4.56. The van der Waals surface area contributed by atoms with E-state index >= 15 is 0 Å². The zero-order valence-electron chi connectivity index (χ0n) is 11.0. The summed E-state index contributed by atoms with van der Waals surface area (Å²) < 4.78 is 0.682. The molecular formula is C14H17ClN2O2S. The topological polar surface area (TPSA) is 63.4 Å². The fraction of sp³-hybridized carbons (Fsp3) is 0.429. The molecule has 2 N–H and O–H groups in total. The highest BCUT2D eigenvalue weighted by atomic mass is 35.5. The molecule has 1 aliphatic carbocycles. The van der Waals surface area contributed by atoms with Gasteiger partial charge < -0.3 is 10.6 Å². The molecule has 0 atom stereocenters. The fourth-order valence-corrected chi connectivity index (χ4v) is 3.40. The Kier molecular flexibility index (Phi) is 5.20. The lowest BCUT2D eigenvalue weighted by atomic mass is 10.2. The molecule has 108 valence electrons. The Morgan fingerprint density at radius 3 is 2.65 bits per heavy atom. The Labute approximate surface area is 127 Å². The smallest absolute Gasteiger partial charge is 0.247 e. The maximum absolute atomic E-state index is 12.2. The van der Waals surface area contributed by atoms with Crippen molar-refractivity contribution < 1.29 is 9.59 Å². The van der Waals surface area contributed by atoms with Crippen LogP contribution in [0.15, 0.2) is 18.2 Å². The van der Waals surface area contributed by atoms with Gasteiger partial charge in [-0.2, -0.15) is 0 Å². The van der Waals surface area contributed by atoms with E-state index in [0.29, 0.717) is 4.34 Å². The average molecular weight is 313 g/mol. The van der Waals surface area contributed by atoms with Crippen LogP contribution in [0.2, 0.25) is 4.34 Å². The van der Waals surface area contributed by atoms with E-state index in [0.717, 1.165) is 30.6 Å². The van der Waals surface area contributed by atoms with Gasteiger partial charge in [0.15, 0.2) is 0 Å². The van der Waals surface area contributed by atoms with E-state index in [1.165, 1.54) is 17.4 Å². The number of primary amides is 1. The third kappa shape index (κ3) is 4.08. The summed E-state index contributed by atoms with van der Waals surface area (Å²) in [7, 11) is 0. The largest absolute Gasteiger partial charge is 0.368 e. The van der Waals surface area contributed by atoms with Gasteiger partial charge in [0.1, 0.15) is 0 Å². The molecule has 2 amide bonds. The summed E-state index contributed by atoms with van der Waals surface area (Å²) in [6, 6.07) is 3.77. The molecule has 0 aromatic carbocycles. The summed E-state index contributed by atoms with van der Waals surface area (Å²) in [5, 5.41) is 0. The van der Waals surface area contributed by atoms with Crippen LogP contribution in [-0.4, -0.2) is 29.3 Å². The molecule has 4 nitrogen and oxygen atoms in total. The zero-order chi connectivity index (χ0) is 14.5. The van der Waals surface area contributed by atoms with Crippen molar-refractivity contribution in [1.29, 1.82) is 0 Å². The van der Waals surface area contributed by atoms with Crippen molar-refractivity contribution in [3.05, 3.63) is 27.4 Å². The summed E-state index contributed by atoms with van der Waals surface area (Å²) in [6.07, 6.45) is 7.29. The van der Waals surface area contributed by atoms with Gasteiger partial charge in [-0.25, -0.2) is 0 Å². The van der Waals surface area contributed by atoms with Gasteiger partial charge in [0, 0.05) is 17.0 Å². The molecule has 0 aliphatic heterocycles. The molecule has 0 saturated heterocycles. The van der Waals surface area contributed by atoms with Crippen molar-refractivity contribution in [3.8, 4) is 0 Å². The molecule has 1 heterocycles. The Morgan fingerprint density at radius 2 is 2.10 bits per heavy atom. The molecule has 20 heavy (non-hydrogen) atoms. The summed E-state index contributed by atoms with van der Waals surface area (Å²) in [4.78, 5) is 25.9. The first kappa shape index (κ1) is 15.1. The van der Waals surface area contributed by atoms with Crippen molar-refractivity contribution in [2.24, 2.45) is 5.73 Å². The van der Waals surface area contributed by atoms with Gasteiger partial charge in [-0.15, -0.1) is 11.3 Å². The molecule has 1 fully saturated rings. The quantitative estimate of drug-likeness (QED) is 0.850. The zero-order valence-corrected chi connectivity index (χ0v) is 12.6. The van der Waals surface area contributed by atoms with E-state index in [1.807, 2.05) is 6.07 Å². The van der Waals surface area contributed by atoms with Crippen molar-refractivity contribution in [2.75, 3.05) is 6.54 Å². The second-order valence-electron chi connectivity index (χ2n) is 4.85. The second kappa shape index (κ2) is 6.90. The van der Waals surface area contributed by atoms with E-state index in [4.69, 9.17) is 17.3 Å². The van der Waals surface area contributed by atoms with Crippen molar-refractivity contribution in [3.63, 3.8) is 0 Å². The van der Waals surface area contributed by atoms with Crippen LogP contribution in [0.25, 0.3) is 6.08 Å². The first-order valence-corrected chi connectivity index (χ1v) is 7.78. The predicted octanol–water partition coefficient (Wildman–Crippen LogP) is 2.67. The molecule has 0 unspecified atom stereocenters. The third-order valence-electron chi connectivity index (χ3n) is 3.36. The number of amides is 2. The Morgan fingerprint density at radius 1 is 1.40 bits per heavy atom. The molecule has 1 aromatic rings. The van der Waals surface area contributed by atoms with Crippen LogP contribution in [0.5, 0.6) is 0 Å². The molecule has 0 bridgehead atoms. The van der Waals surface area contributed by atoms with E-state index in [1.54, 1.807) is 17.0 Å². The van der Waals surface area contributed by atoms with Crippen LogP contribution in [0.3, 0.4) is 0 Å². The normalized spacial score (nSPS) is 15.8. The van der Waals surface area contributed by atoms with E-state index in [2.05, 4.69) is 0 Å². The van der Waals surface area contributed by atoms with Gasteiger partial charge in [0.05, 0.1) is 10.9 Å². The number of rotatable bonds is 5. The van der Waals surface area contributed by atoms with Crippen LogP contribution in [0.1, 0.15) is 30.6 Å². The lowest BCUT2D eigenvalue weighted by molar-refractivity contribution is -0.133. The molecule has 1 aromatic heterocycles. The number of thiophene rings is 1. The van der Waals surface area contributed by atoms with Gasteiger partial charge >= 0.3 is 0 Å². The van der Waals surface area contributed by atoms with E-state index < -0.39 is 5.91 Å². The molecular weight excluding hydrogens is 296 g/mol. The number of hydrogen-bond acceptors (Lipinski definition) is 3. The molecule has 0 radical (unpaired) electrons. The highest BCUT2D eigenvalue weighted by Crippen LogP contribution is 2.25. The first-order valence-electron chi connectivity index (χ1n) is 6.58. The van der Waals surface area contributed by atoms with Gasteiger partial charge in [-0.05, 0) is 31.1 Å². The minimum atomic E-state index is -0.474. The van der Waals surface area contributed by atoms with Gasteiger partial charge in [-0.3, -0.25) is 9.59 Å². The van der Waals surface area contributed by atoms with Crippen molar-refractivity contribution in [2.45, 2.75) is 31.7 Å². The maximum Gasteiger partial charge on any atom is 0.247 e. The summed E-state index contributed by atoms with van der Waals surface area (Å²) >= 11 is 7.24. The van der Waals surface area contributed by atoms with E-state index in [9.17, 15) is 9.59 Å². The number of nitrogens with two attached hydrogens (primary N) is 1. The lowest BCUT2D eigenvalue weighted by Crippen LogP contribution is -2.43. The number of hydrogen-bond donors (Lipinski definition) is 1. The summed E-state index contributed by atoms with van der Waals surface area (Å²) in [6.45, 7) is -0.0148. The monoisotopic (exact) mass is 312 g/mol. The number of carbonyl (C=O) groups is 2. The minimum absolute atomic E-state index is 0.0148. The Bertz CT molecular complexity index is 521. The number of halogens is 1. The molecule has 1 saturated carbocycles. The number of nitrogens with zero attached hydrogens (tertiary/aromatic N) is 1. The van der Waals surface area contributed by atoms with Crippen molar-refractivity contribution >= 4 is 40.8 Å². The Hall–Kier alpha value is -1.33. The SMILES string of the molecule is NC(=O)CN(C(=O)/C=C/c1ccc(Cl)s1)C1CCCC1. The minimum Gasteiger partial charge on any atom is -0.368 e.